The van der Waals surface area contributed by atoms with Crippen LogP contribution in [0.1, 0.15) is 27.2 Å². The third-order valence-electron chi connectivity index (χ3n) is 2.51. The number of carbonyl (C=O) groups excluding carboxylic acids is 2. The fourth-order valence-electron chi connectivity index (χ4n) is 1.49. The molecule has 0 aromatic heterocycles. The largest absolute Gasteiger partial charge is 0.466 e. The van der Waals surface area contributed by atoms with E-state index in [1.165, 1.54) is 25.2 Å². The topological polar surface area (TPSA) is 72.8 Å². The molecule has 0 bridgehead atoms. The first-order valence-electron chi connectivity index (χ1n) is 8.04. The normalized spacial score (nSPS) is 11.4. The predicted octanol–water partition coefficient (Wildman–Crippen LogP) is 2.49. The fraction of sp³-hybridized carbons (Fsp3) is 0.333. The summed E-state index contributed by atoms with van der Waals surface area (Å²) >= 11 is 0. The number of aliphatic hydroxyl groups is 1. The van der Waals surface area contributed by atoms with E-state index in [0.717, 1.165) is 5.57 Å². The summed E-state index contributed by atoms with van der Waals surface area (Å²) in [7, 11) is 0. The van der Waals surface area contributed by atoms with Crippen molar-refractivity contribution in [3.63, 3.8) is 0 Å². The highest BCUT2D eigenvalue weighted by atomic mass is 16.6. The molecular weight excluding hydrogens is 332 g/mol. The average molecular weight is 356 g/mol. The fourth-order valence-corrected chi connectivity index (χ4v) is 1.49. The Morgan fingerprint density at radius 2 is 1.77 bits per heavy atom. The molecule has 0 aromatic rings. The molecule has 0 fully saturated rings. The third kappa shape index (κ3) is 15.9. The summed E-state index contributed by atoms with van der Waals surface area (Å²) in [5.74, 6) is 9.75. The zero-order chi connectivity index (χ0) is 19.6. The summed E-state index contributed by atoms with van der Waals surface area (Å²) in [5.41, 5.74) is 0.836. The number of hydrogen-bond acceptors (Lipinski definition) is 5. The van der Waals surface area contributed by atoms with E-state index >= 15 is 0 Å². The number of aliphatic hydroxyl groups excluding tert-OH is 1. The summed E-state index contributed by atoms with van der Waals surface area (Å²) in [5, 5.41) is 8.52. The highest BCUT2D eigenvalue weighted by Gasteiger charge is 2.10. The minimum absolute atomic E-state index is 0.0520. The molecule has 0 radical (unpaired) electrons. The van der Waals surface area contributed by atoms with Crippen molar-refractivity contribution in [1.29, 1.82) is 0 Å². The van der Waals surface area contributed by atoms with Crippen LogP contribution >= 0.6 is 0 Å². The zero-order valence-electron chi connectivity index (χ0n) is 15.3. The van der Waals surface area contributed by atoms with Crippen molar-refractivity contribution in [1.82, 2.24) is 0 Å². The van der Waals surface area contributed by atoms with Gasteiger partial charge in [-0.1, -0.05) is 35.6 Å². The molecule has 0 unspecified atom stereocenters. The smallest absolute Gasteiger partial charge is 0.331 e. The Morgan fingerprint density at radius 1 is 1.08 bits per heavy atom. The van der Waals surface area contributed by atoms with Gasteiger partial charge in [0.25, 0.3) is 0 Å². The molecule has 0 aliphatic carbocycles. The first kappa shape index (κ1) is 23.0. The average Bonchev–Trinajstić information content (AvgIpc) is 2.55. The quantitative estimate of drug-likeness (QED) is 0.313. The summed E-state index contributed by atoms with van der Waals surface area (Å²) in [6.07, 6.45) is 11.0. The van der Waals surface area contributed by atoms with E-state index in [2.05, 4.69) is 23.7 Å². The molecule has 0 amide bonds. The molecule has 0 saturated heterocycles. The predicted molar refractivity (Wildman–Crippen MR) is 101 cm³/mol. The van der Waals surface area contributed by atoms with Gasteiger partial charge in [-0.25, -0.2) is 4.79 Å². The molecule has 0 rings (SSSR count). The van der Waals surface area contributed by atoms with Crippen LogP contribution < -0.4 is 0 Å². The Hall–Kier alpha value is -3.02. The Labute approximate surface area is 155 Å². The lowest BCUT2D eigenvalue weighted by molar-refractivity contribution is -0.144. The van der Waals surface area contributed by atoms with Crippen molar-refractivity contribution in [2.45, 2.75) is 33.3 Å². The molecule has 1 N–H and O–H groups in total. The minimum Gasteiger partial charge on any atom is -0.466 e. The van der Waals surface area contributed by atoms with Crippen LogP contribution in [0.2, 0.25) is 0 Å². The van der Waals surface area contributed by atoms with Crippen LogP contribution in [0.5, 0.6) is 0 Å². The van der Waals surface area contributed by atoms with Crippen molar-refractivity contribution in [3.8, 4) is 23.7 Å². The van der Waals surface area contributed by atoms with Crippen LogP contribution in [-0.2, 0) is 19.1 Å². The maximum absolute atomic E-state index is 11.7. The van der Waals surface area contributed by atoms with Crippen LogP contribution in [0.25, 0.3) is 0 Å². The number of hydrogen-bond donors (Lipinski definition) is 1. The first-order chi connectivity index (χ1) is 12.5. The Kier molecular flexibility index (Phi) is 13.7. The molecule has 0 aliphatic rings. The van der Waals surface area contributed by atoms with Crippen molar-refractivity contribution in [2.24, 2.45) is 0 Å². The van der Waals surface area contributed by atoms with Gasteiger partial charge in [-0.2, -0.15) is 0 Å². The van der Waals surface area contributed by atoms with Crippen LogP contribution in [-0.4, -0.2) is 36.4 Å². The molecule has 0 aliphatic heterocycles. The van der Waals surface area contributed by atoms with Crippen molar-refractivity contribution < 1.29 is 24.2 Å². The second kappa shape index (κ2) is 15.5. The molecule has 0 spiro atoms. The summed E-state index contributed by atoms with van der Waals surface area (Å²) in [4.78, 5) is 22.6. The van der Waals surface area contributed by atoms with Gasteiger partial charge in [-0.3, -0.25) is 4.79 Å². The molecule has 0 saturated carbocycles. The molecule has 0 heterocycles. The monoisotopic (exact) mass is 356 g/mol. The standard InChI is InChI=1S/C21H24O5/c1-18(2)17-21(24)26-20(14-16-25-19(3)23)13-11-9-7-5-4-6-8-10-12-15-22/h7,9-13,17,20,22H,14-16H2,1-3H3/b9-7-,12-10+,13-11-/t20-/m1/s1. The van der Waals surface area contributed by atoms with E-state index in [1.807, 2.05) is 0 Å². The molecule has 0 aromatic carbocycles. The third-order valence-corrected chi connectivity index (χ3v) is 2.51. The number of allylic oxidation sites excluding steroid dienone is 5. The SMILES string of the molecule is CC(=O)OCC[C@@H](/C=C\C=C/C#CC#C/C=C/CO)OC(=O)C=C(C)C. The van der Waals surface area contributed by atoms with Crippen LogP contribution in [0.15, 0.2) is 48.1 Å². The Bertz CT molecular complexity index is 683. The summed E-state index contributed by atoms with van der Waals surface area (Å²) in [6, 6.07) is 0. The van der Waals surface area contributed by atoms with Gasteiger partial charge in [-0.05, 0) is 43.9 Å². The van der Waals surface area contributed by atoms with E-state index in [1.54, 1.807) is 38.2 Å². The zero-order valence-corrected chi connectivity index (χ0v) is 15.3. The lowest BCUT2D eigenvalue weighted by Gasteiger charge is -2.13. The number of esters is 2. The maximum Gasteiger partial charge on any atom is 0.331 e. The van der Waals surface area contributed by atoms with Crippen LogP contribution in [0, 0.1) is 23.7 Å². The lowest BCUT2D eigenvalue weighted by Crippen LogP contribution is -2.17. The Balaban J connectivity index is 4.66. The second-order valence-corrected chi connectivity index (χ2v) is 5.19. The number of rotatable bonds is 8. The summed E-state index contributed by atoms with van der Waals surface area (Å²) in [6.45, 7) is 5.03. The molecule has 26 heavy (non-hydrogen) atoms. The van der Waals surface area contributed by atoms with Gasteiger partial charge in [0, 0.05) is 19.4 Å². The van der Waals surface area contributed by atoms with E-state index in [-0.39, 0.29) is 19.2 Å². The maximum atomic E-state index is 11.7. The van der Waals surface area contributed by atoms with Crippen molar-refractivity contribution in [2.75, 3.05) is 13.2 Å². The van der Waals surface area contributed by atoms with Gasteiger partial charge in [0.15, 0.2) is 0 Å². The number of ether oxygens (including phenoxy) is 2. The number of carbonyl (C=O) groups is 2. The molecular formula is C21H24O5. The van der Waals surface area contributed by atoms with Crippen LogP contribution in [0.3, 0.4) is 0 Å². The van der Waals surface area contributed by atoms with E-state index < -0.39 is 12.1 Å². The highest BCUT2D eigenvalue weighted by Crippen LogP contribution is 2.04. The van der Waals surface area contributed by atoms with Crippen LogP contribution in [0.4, 0.5) is 0 Å². The van der Waals surface area contributed by atoms with E-state index in [9.17, 15) is 9.59 Å². The second-order valence-electron chi connectivity index (χ2n) is 5.19. The van der Waals surface area contributed by atoms with Crippen molar-refractivity contribution >= 4 is 11.9 Å². The first-order valence-corrected chi connectivity index (χ1v) is 8.04. The highest BCUT2D eigenvalue weighted by molar-refractivity contribution is 5.82. The van der Waals surface area contributed by atoms with Gasteiger partial charge in [0.05, 0.1) is 13.2 Å². The van der Waals surface area contributed by atoms with E-state index in [0.29, 0.717) is 6.42 Å². The molecule has 1 atom stereocenters. The van der Waals surface area contributed by atoms with Gasteiger partial charge in [-0.15, -0.1) is 0 Å². The van der Waals surface area contributed by atoms with Gasteiger partial charge in [0.2, 0.25) is 0 Å². The van der Waals surface area contributed by atoms with E-state index in [4.69, 9.17) is 14.6 Å². The van der Waals surface area contributed by atoms with Gasteiger partial charge >= 0.3 is 11.9 Å². The minimum atomic E-state index is -0.515. The molecule has 138 valence electrons. The van der Waals surface area contributed by atoms with Gasteiger partial charge in [0.1, 0.15) is 6.10 Å². The van der Waals surface area contributed by atoms with Crippen molar-refractivity contribution in [3.05, 3.63) is 48.1 Å². The lowest BCUT2D eigenvalue weighted by atomic mass is 10.2. The molecule has 5 nitrogen and oxygen atoms in total. The Morgan fingerprint density at radius 3 is 2.38 bits per heavy atom. The summed E-state index contributed by atoms with van der Waals surface area (Å²) < 4.78 is 10.2. The van der Waals surface area contributed by atoms with Gasteiger partial charge < -0.3 is 14.6 Å². The molecule has 5 heteroatoms.